The molecule has 170 valence electrons. The zero-order valence-corrected chi connectivity index (χ0v) is 18.1. The third-order valence-electron chi connectivity index (χ3n) is 4.68. The van der Waals surface area contributed by atoms with E-state index in [0.29, 0.717) is 17.0 Å². The minimum Gasteiger partial charge on any atom is -0.483 e. The van der Waals surface area contributed by atoms with Crippen LogP contribution in [0.15, 0.2) is 78.4 Å². The van der Waals surface area contributed by atoms with Gasteiger partial charge in [-0.1, -0.05) is 42.5 Å². The summed E-state index contributed by atoms with van der Waals surface area (Å²) in [5, 5.41) is 25.6. The van der Waals surface area contributed by atoms with E-state index in [1.54, 1.807) is 30.3 Å². The molecule has 3 rings (SSSR count). The van der Waals surface area contributed by atoms with Crippen LogP contribution < -0.4 is 15.4 Å². The number of hydrogen-bond donors (Lipinski definition) is 2. The highest BCUT2D eigenvalue weighted by atomic mass is 16.6. The maximum absolute atomic E-state index is 12.6. The molecule has 9 nitrogen and oxygen atoms in total. The molecule has 3 aromatic rings. The van der Waals surface area contributed by atoms with Gasteiger partial charge in [-0.3, -0.25) is 19.7 Å². The lowest BCUT2D eigenvalue weighted by atomic mass is 10.1. The number of amides is 2. The number of nitrogens with one attached hydrogen (secondary N) is 2. The molecular weight excluding hydrogens is 436 g/mol. The van der Waals surface area contributed by atoms with Crippen LogP contribution >= 0.6 is 0 Å². The lowest BCUT2D eigenvalue weighted by molar-refractivity contribution is -0.384. The quantitative estimate of drug-likeness (QED) is 0.222. The number of nitro benzene ring substituents is 1. The fraction of sp³-hybridized carbons (Fsp3) is 0.0800. The number of nitro groups is 1. The van der Waals surface area contributed by atoms with Crippen molar-refractivity contribution >= 4 is 35.0 Å². The van der Waals surface area contributed by atoms with E-state index in [2.05, 4.69) is 10.6 Å². The third kappa shape index (κ3) is 6.27. The van der Waals surface area contributed by atoms with Crippen molar-refractivity contribution in [2.45, 2.75) is 6.92 Å². The number of carbonyl (C=O) groups excluding carboxylic acids is 2. The van der Waals surface area contributed by atoms with E-state index >= 15 is 0 Å². The van der Waals surface area contributed by atoms with Crippen LogP contribution in [0.3, 0.4) is 0 Å². The Morgan fingerprint density at radius 2 is 1.79 bits per heavy atom. The van der Waals surface area contributed by atoms with Gasteiger partial charge in [0.25, 0.3) is 17.5 Å². The van der Waals surface area contributed by atoms with Crippen molar-refractivity contribution in [3.05, 3.63) is 99.6 Å². The van der Waals surface area contributed by atoms with Gasteiger partial charge < -0.3 is 15.4 Å². The van der Waals surface area contributed by atoms with Crippen molar-refractivity contribution in [3.8, 4) is 11.8 Å². The second kappa shape index (κ2) is 11.1. The SMILES string of the molecule is Cc1ccccc1NC(=O)COc1ccccc1/C=C(/C#N)C(=O)Nc1cccc([N+](=O)[O-])c1. The van der Waals surface area contributed by atoms with Crippen molar-refractivity contribution in [1.29, 1.82) is 5.26 Å². The molecule has 2 N–H and O–H groups in total. The zero-order chi connectivity index (χ0) is 24.5. The number of para-hydroxylation sites is 2. The molecule has 0 saturated carbocycles. The first-order valence-corrected chi connectivity index (χ1v) is 10.1. The number of anilines is 2. The molecule has 0 heterocycles. The lowest BCUT2D eigenvalue weighted by Crippen LogP contribution is -2.20. The van der Waals surface area contributed by atoms with Gasteiger partial charge in [0.2, 0.25) is 0 Å². The van der Waals surface area contributed by atoms with Crippen LogP contribution in [0.1, 0.15) is 11.1 Å². The summed E-state index contributed by atoms with van der Waals surface area (Å²) in [6, 6.07) is 21.2. The summed E-state index contributed by atoms with van der Waals surface area (Å²) in [6.07, 6.45) is 1.32. The molecule has 0 spiro atoms. The van der Waals surface area contributed by atoms with Crippen LogP contribution in [-0.2, 0) is 9.59 Å². The van der Waals surface area contributed by atoms with Crippen LogP contribution in [0.5, 0.6) is 5.75 Å². The van der Waals surface area contributed by atoms with Gasteiger partial charge in [0.05, 0.1) is 4.92 Å². The molecule has 0 atom stereocenters. The van der Waals surface area contributed by atoms with E-state index in [1.807, 2.05) is 31.2 Å². The van der Waals surface area contributed by atoms with Gasteiger partial charge in [-0.25, -0.2) is 0 Å². The molecule has 0 aliphatic heterocycles. The standard InChI is InChI=1S/C25H20N4O5/c1-17-7-2-4-11-22(17)28-24(30)16-34-23-12-5-3-8-18(23)13-19(15-26)25(31)27-20-9-6-10-21(14-20)29(32)33/h2-14H,16H2,1H3,(H,27,31)(H,28,30)/b19-13-. The third-order valence-corrected chi connectivity index (χ3v) is 4.68. The predicted octanol–water partition coefficient (Wildman–Crippen LogP) is 4.47. The topological polar surface area (TPSA) is 134 Å². The molecule has 0 aliphatic carbocycles. The summed E-state index contributed by atoms with van der Waals surface area (Å²) in [6.45, 7) is 1.60. The number of nitrogens with zero attached hydrogens (tertiary/aromatic N) is 2. The minimum atomic E-state index is -0.741. The normalized spacial score (nSPS) is 10.6. The first kappa shape index (κ1) is 23.7. The Bertz CT molecular complexity index is 1310. The van der Waals surface area contributed by atoms with Crippen molar-refractivity contribution in [2.75, 3.05) is 17.2 Å². The van der Waals surface area contributed by atoms with Gasteiger partial charge in [0, 0.05) is 29.1 Å². The molecule has 0 bridgehead atoms. The molecule has 0 aliphatic rings. The number of rotatable bonds is 8. The molecule has 9 heteroatoms. The maximum atomic E-state index is 12.6. The molecule has 0 aromatic heterocycles. The first-order valence-electron chi connectivity index (χ1n) is 10.1. The Kier molecular flexibility index (Phi) is 7.71. The highest BCUT2D eigenvalue weighted by molar-refractivity contribution is 6.10. The number of ether oxygens (including phenoxy) is 1. The lowest BCUT2D eigenvalue weighted by Gasteiger charge is -2.11. The van der Waals surface area contributed by atoms with E-state index in [-0.39, 0.29) is 29.5 Å². The molecule has 0 fully saturated rings. The summed E-state index contributed by atoms with van der Waals surface area (Å²) < 4.78 is 5.62. The van der Waals surface area contributed by atoms with Crippen molar-refractivity contribution in [3.63, 3.8) is 0 Å². The van der Waals surface area contributed by atoms with Crippen LogP contribution in [0, 0.1) is 28.4 Å². The minimum absolute atomic E-state index is 0.178. The van der Waals surface area contributed by atoms with Crippen LogP contribution in [0.25, 0.3) is 6.08 Å². The number of carbonyl (C=O) groups is 2. The van der Waals surface area contributed by atoms with E-state index in [1.165, 1.54) is 30.3 Å². The van der Waals surface area contributed by atoms with Gasteiger partial charge >= 0.3 is 0 Å². The maximum Gasteiger partial charge on any atom is 0.271 e. The summed E-state index contributed by atoms with van der Waals surface area (Å²) in [5.41, 5.74) is 1.74. The molecule has 0 saturated heterocycles. The average molecular weight is 456 g/mol. The first-order chi connectivity index (χ1) is 16.4. The zero-order valence-electron chi connectivity index (χ0n) is 18.1. The van der Waals surface area contributed by atoms with Crippen LogP contribution in [-0.4, -0.2) is 23.3 Å². The van der Waals surface area contributed by atoms with Gasteiger partial charge in [-0.15, -0.1) is 0 Å². The molecule has 34 heavy (non-hydrogen) atoms. The fourth-order valence-corrected chi connectivity index (χ4v) is 2.97. The van der Waals surface area contributed by atoms with E-state index in [0.717, 1.165) is 5.56 Å². The van der Waals surface area contributed by atoms with Gasteiger partial charge in [-0.2, -0.15) is 5.26 Å². The number of non-ortho nitro benzene ring substituents is 1. The number of nitriles is 1. The Balaban J connectivity index is 1.72. The van der Waals surface area contributed by atoms with Crippen LogP contribution in [0.4, 0.5) is 17.1 Å². The summed E-state index contributed by atoms with van der Waals surface area (Å²) in [5.74, 6) is -0.801. The molecule has 3 aromatic carbocycles. The van der Waals surface area contributed by atoms with Gasteiger partial charge in [-0.05, 0) is 36.8 Å². The number of hydrogen-bond acceptors (Lipinski definition) is 6. The Morgan fingerprint density at radius 3 is 2.53 bits per heavy atom. The van der Waals surface area contributed by atoms with Crippen molar-refractivity contribution < 1.29 is 19.2 Å². The summed E-state index contributed by atoms with van der Waals surface area (Å²) in [7, 11) is 0. The van der Waals surface area contributed by atoms with Crippen LogP contribution in [0.2, 0.25) is 0 Å². The molecule has 2 amide bonds. The van der Waals surface area contributed by atoms with E-state index in [4.69, 9.17) is 4.74 Å². The number of aryl methyl sites for hydroxylation is 1. The van der Waals surface area contributed by atoms with Gasteiger partial charge in [0.1, 0.15) is 17.4 Å². The largest absolute Gasteiger partial charge is 0.483 e. The Labute approximate surface area is 195 Å². The molecule has 0 unspecified atom stereocenters. The Morgan fingerprint density at radius 1 is 1.06 bits per heavy atom. The van der Waals surface area contributed by atoms with Crippen molar-refractivity contribution in [2.24, 2.45) is 0 Å². The highest BCUT2D eigenvalue weighted by Gasteiger charge is 2.14. The number of benzene rings is 3. The smallest absolute Gasteiger partial charge is 0.271 e. The van der Waals surface area contributed by atoms with Crippen molar-refractivity contribution in [1.82, 2.24) is 0 Å². The second-order valence-electron chi connectivity index (χ2n) is 7.12. The monoisotopic (exact) mass is 456 g/mol. The predicted molar refractivity (Wildman–Crippen MR) is 127 cm³/mol. The van der Waals surface area contributed by atoms with E-state index in [9.17, 15) is 25.0 Å². The summed E-state index contributed by atoms with van der Waals surface area (Å²) >= 11 is 0. The van der Waals surface area contributed by atoms with E-state index < -0.39 is 10.8 Å². The molecular formula is C25H20N4O5. The Hall–Kier alpha value is -4.97. The van der Waals surface area contributed by atoms with Gasteiger partial charge in [0.15, 0.2) is 6.61 Å². The highest BCUT2D eigenvalue weighted by Crippen LogP contribution is 2.23. The summed E-state index contributed by atoms with van der Waals surface area (Å²) in [4.78, 5) is 35.2. The molecule has 0 radical (unpaired) electrons. The second-order valence-corrected chi connectivity index (χ2v) is 7.12. The fourth-order valence-electron chi connectivity index (χ4n) is 2.97. The average Bonchev–Trinajstić information content (AvgIpc) is 2.83.